The van der Waals surface area contributed by atoms with Crippen LogP contribution in [-0.2, 0) is 16.0 Å². The summed E-state index contributed by atoms with van der Waals surface area (Å²) >= 11 is 13.1. The van der Waals surface area contributed by atoms with Crippen LogP contribution < -0.4 is 10.2 Å². The van der Waals surface area contributed by atoms with Crippen molar-refractivity contribution in [2.24, 2.45) is 0 Å². The highest BCUT2D eigenvalue weighted by molar-refractivity contribution is 8.05. The second-order valence-corrected chi connectivity index (χ2v) is 8.02. The maximum atomic E-state index is 13.2. The lowest BCUT2D eigenvalue weighted by Gasteiger charge is -2.18. The first-order valence-electron chi connectivity index (χ1n) is 8.31. The lowest BCUT2D eigenvalue weighted by Crippen LogP contribution is -2.31. The summed E-state index contributed by atoms with van der Waals surface area (Å²) in [5.74, 6) is -0.738. The Bertz CT molecular complexity index is 982. The van der Waals surface area contributed by atoms with E-state index < -0.39 is 11.2 Å². The second kappa shape index (κ2) is 8.70. The fourth-order valence-corrected chi connectivity index (χ4v) is 4.33. The first kappa shape index (κ1) is 20.3. The van der Waals surface area contributed by atoms with Crippen LogP contribution in [0.1, 0.15) is 5.56 Å². The van der Waals surface area contributed by atoms with Gasteiger partial charge in [0.15, 0.2) is 0 Å². The van der Waals surface area contributed by atoms with Gasteiger partial charge in [-0.15, -0.1) is 0 Å². The Morgan fingerprint density at radius 2 is 1.71 bits per heavy atom. The number of amides is 2. The number of thioether (sulfide) groups is 1. The molecule has 1 heterocycles. The van der Waals surface area contributed by atoms with E-state index in [0.717, 1.165) is 5.56 Å². The number of hydrogen-bond acceptors (Lipinski definition) is 4. The van der Waals surface area contributed by atoms with Crippen molar-refractivity contribution >= 4 is 52.5 Å². The monoisotopic (exact) mass is 431 g/mol. The lowest BCUT2D eigenvalue weighted by atomic mass is 10.1. The summed E-state index contributed by atoms with van der Waals surface area (Å²) in [5, 5.41) is 13.0. The molecule has 5 nitrogen and oxygen atoms in total. The van der Waals surface area contributed by atoms with Crippen molar-refractivity contribution in [1.82, 2.24) is 5.32 Å². The highest BCUT2D eigenvalue weighted by Crippen LogP contribution is 2.42. The van der Waals surface area contributed by atoms with E-state index in [4.69, 9.17) is 23.2 Å². The Balaban J connectivity index is 2.03. The topological polar surface area (TPSA) is 73.2 Å². The van der Waals surface area contributed by atoms with Gasteiger partial charge in [-0.1, -0.05) is 47.1 Å². The fraction of sp³-hybridized carbons (Fsp3) is 0.150. The number of hydrogen-bond donors (Lipinski definition) is 1. The molecule has 0 aliphatic carbocycles. The SMILES string of the molecule is CNC(=O)/C(C#N)=C1\S[C@@H](Cc2ccc(Cl)cc2)C(=O)N1c1ccc(Cl)cc1. The molecule has 0 radical (unpaired) electrons. The van der Waals surface area contributed by atoms with E-state index in [9.17, 15) is 14.9 Å². The molecule has 2 aromatic carbocycles. The van der Waals surface area contributed by atoms with Crippen molar-refractivity contribution in [2.75, 3.05) is 11.9 Å². The van der Waals surface area contributed by atoms with Gasteiger partial charge in [-0.25, -0.2) is 0 Å². The molecule has 0 saturated carbocycles. The summed E-state index contributed by atoms with van der Waals surface area (Å²) in [5.41, 5.74) is 1.38. The number of carbonyl (C=O) groups is 2. The Morgan fingerprint density at radius 3 is 2.25 bits per heavy atom. The molecule has 0 unspecified atom stereocenters. The minimum Gasteiger partial charge on any atom is -0.354 e. The Labute approximate surface area is 176 Å². The largest absolute Gasteiger partial charge is 0.354 e. The summed E-state index contributed by atoms with van der Waals surface area (Å²) in [6, 6.07) is 15.9. The van der Waals surface area contributed by atoms with Gasteiger partial charge in [0.1, 0.15) is 16.7 Å². The summed E-state index contributed by atoms with van der Waals surface area (Å²) in [6.07, 6.45) is 0.445. The molecule has 8 heteroatoms. The smallest absolute Gasteiger partial charge is 0.264 e. The van der Waals surface area contributed by atoms with E-state index in [1.807, 2.05) is 18.2 Å². The lowest BCUT2D eigenvalue weighted by molar-refractivity contribution is -0.117. The summed E-state index contributed by atoms with van der Waals surface area (Å²) in [6.45, 7) is 0. The zero-order chi connectivity index (χ0) is 20.3. The van der Waals surface area contributed by atoms with Crippen LogP contribution in [0.3, 0.4) is 0 Å². The predicted molar refractivity (Wildman–Crippen MR) is 112 cm³/mol. The van der Waals surface area contributed by atoms with Gasteiger partial charge in [0.2, 0.25) is 5.91 Å². The first-order valence-corrected chi connectivity index (χ1v) is 9.95. The molecule has 0 bridgehead atoms. The molecule has 1 aliphatic rings. The van der Waals surface area contributed by atoms with Gasteiger partial charge < -0.3 is 5.32 Å². The standard InChI is InChI=1S/C20H15Cl2N3O2S/c1-24-18(26)16(11-23)20-25(15-8-6-14(22)7-9-15)19(27)17(28-20)10-12-2-4-13(21)5-3-12/h2-9,17H,10H2,1H3,(H,24,26)/b20-16-/t17-/m0/s1. The third-order valence-corrected chi connectivity index (χ3v) is 5.92. The molecule has 142 valence electrons. The van der Waals surface area contributed by atoms with Crippen molar-refractivity contribution < 1.29 is 9.59 Å². The van der Waals surface area contributed by atoms with E-state index in [0.29, 0.717) is 27.2 Å². The second-order valence-electron chi connectivity index (χ2n) is 5.96. The van der Waals surface area contributed by atoms with E-state index in [1.54, 1.807) is 36.4 Å². The van der Waals surface area contributed by atoms with Crippen molar-refractivity contribution in [3.05, 3.63) is 74.7 Å². The van der Waals surface area contributed by atoms with Crippen LogP contribution in [0.2, 0.25) is 10.0 Å². The zero-order valence-corrected chi connectivity index (χ0v) is 17.1. The van der Waals surface area contributed by atoms with Gasteiger partial charge in [0.25, 0.3) is 5.91 Å². The third kappa shape index (κ3) is 4.17. The van der Waals surface area contributed by atoms with Gasteiger partial charge >= 0.3 is 0 Å². The van der Waals surface area contributed by atoms with Crippen LogP contribution in [0, 0.1) is 11.3 Å². The number of likely N-dealkylation sites (N-methyl/N-ethyl adjacent to an activating group) is 1. The van der Waals surface area contributed by atoms with Crippen LogP contribution in [0.15, 0.2) is 59.1 Å². The molecule has 1 saturated heterocycles. The fourth-order valence-electron chi connectivity index (χ4n) is 2.77. The number of benzene rings is 2. The minimum absolute atomic E-state index is 0.102. The molecule has 1 fully saturated rings. The molecule has 0 aromatic heterocycles. The molecule has 1 atom stereocenters. The molecular weight excluding hydrogens is 417 g/mol. The molecule has 2 aromatic rings. The highest BCUT2D eigenvalue weighted by Gasteiger charge is 2.40. The van der Waals surface area contributed by atoms with Crippen LogP contribution in [-0.4, -0.2) is 24.1 Å². The van der Waals surface area contributed by atoms with Crippen LogP contribution >= 0.6 is 35.0 Å². The van der Waals surface area contributed by atoms with Crippen molar-refractivity contribution in [1.29, 1.82) is 5.26 Å². The maximum absolute atomic E-state index is 13.2. The molecule has 1 N–H and O–H groups in total. The van der Waals surface area contributed by atoms with Gasteiger partial charge in [0.05, 0.1) is 5.25 Å². The molecule has 1 aliphatic heterocycles. The summed E-state index contributed by atoms with van der Waals surface area (Å²) in [4.78, 5) is 26.8. The molecule has 3 rings (SSSR count). The van der Waals surface area contributed by atoms with Crippen molar-refractivity contribution in [3.63, 3.8) is 0 Å². The number of carbonyl (C=O) groups excluding carboxylic acids is 2. The minimum atomic E-state index is -0.538. The zero-order valence-electron chi connectivity index (χ0n) is 14.8. The van der Waals surface area contributed by atoms with Gasteiger partial charge in [0, 0.05) is 22.8 Å². The molecule has 2 amide bonds. The summed E-state index contributed by atoms with van der Waals surface area (Å²) in [7, 11) is 1.44. The van der Waals surface area contributed by atoms with E-state index >= 15 is 0 Å². The van der Waals surface area contributed by atoms with E-state index in [2.05, 4.69) is 5.32 Å². The van der Waals surface area contributed by atoms with Gasteiger partial charge in [-0.3, -0.25) is 14.5 Å². The average Bonchev–Trinajstić information content (AvgIpc) is 3.00. The molecule has 0 spiro atoms. The number of nitrogens with zero attached hydrogens (tertiary/aromatic N) is 2. The molecule has 28 heavy (non-hydrogen) atoms. The normalized spacial score (nSPS) is 18.0. The van der Waals surface area contributed by atoms with Crippen molar-refractivity contribution in [3.8, 4) is 6.07 Å². The van der Waals surface area contributed by atoms with Gasteiger partial charge in [-0.2, -0.15) is 5.26 Å². The number of rotatable bonds is 4. The van der Waals surface area contributed by atoms with E-state index in [-0.39, 0.29) is 11.5 Å². The third-order valence-electron chi connectivity index (χ3n) is 4.15. The first-order chi connectivity index (χ1) is 13.4. The van der Waals surface area contributed by atoms with Crippen LogP contribution in [0.25, 0.3) is 0 Å². The van der Waals surface area contributed by atoms with Crippen LogP contribution in [0.4, 0.5) is 5.69 Å². The number of anilines is 1. The van der Waals surface area contributed by atoms with E-state index in [1.165, 1.54) is 23.7 Å². The Hall–Kier alpha value is -2.46. The highest BCUT2D eigenvalue weighted by atomic mass is 35.5. The van der Waals surface area contributed by atoms with Crippen LogP contribution in [0.5, 0.6) is 0 Å². The quantitative estimate of drug-likeness (QED) is 0.582. The number of halogens is 2. The molecular formula is C20H15Cl2N3O2S. The Morgan fingerprint density at radius 1 is 1.14 bits per heavy atom. The Kier molecular flexibility index (Phi) is 6.30. The summed E-state index contributed by atoms with van der Waals surface area (Å²) < 4.78 is 0. The predicted octanol–water partition coefficient (Wildman–Crippen LogP) is 4.17. The number of nitrogens with one attached hydrogen (secondary N) is 1. The average molecular weight is 432 g/mol. The van der Waals surface area contributed by atoms with Gasteiger partial charge in [-0.05, 0) is 48.4 Å². The maximum Gasteiger partial charge on any atom is 0.264 e. The van der Waals surface area contributed by atoms with Crippen molar-refractivity contribution in [2.45, 2.75) is 11.7 Å². The number of nitriles is 1.